The Morgan fingerprint density at radius 1 is 1.07 bits per heavy atom. The van der Waals surface area contributed by atoms with Gasteiger partial charge in [0.1, 0.15) is 5.76 Å². The van der Waals surface area contributed by atoms with E-state index >= 15 is 0 Å². The van der Waals surface area contributed by atoms with Crippen LogP contribution in [0, 0.1) is 0 Å². The topological polar surface area (TPSA) is 109 Å². The van der Waals surface area contributed by atoms with Crippen molar-refractivity contribution in [2.45, 2.75) is 52.5 Å². The smallest absolute Gasteiger partial charge is 0.215 e. The van der Waals surface area contributed by atoms with Crippen molar-refractivity contribution in [2.24, 2.45) is 4.99 Å². The van der Waals surface area contributed by atoms with Crippen molar-refractivity contribution in [1.29, 1.82) is 0 Å². The predicted molar refractivity (Wildman–Crippen MR) is 115 cm³/mol. The zero-order valence-electron chi connectivity index (χ0n) is 17.6. The van der Waals surface area contributed by atoms with E-state index in [0.717, 1.165) is 47.5 Å². The summed E-state index contributed by atoms with van der Waals surface area (Å²) in [5.74, 6) is 1.58. The Balaban J connectivity index is 2.03. The number of nitrogens with one attached hydrogen (secondary N) is 3. The van der Waals surface area contributed by atoms with Crippen LogP contribution in [0.3, 0.4) is 0 Å². The van der Waals surface area contributed by atoms with Crippen molar-refractivity contribution < 1.29 is 12.9 Å². The fraction of sp³-hybridized carbons (Fsp3) is 0.500. The second kappa shape index (κ2) is 11.0. The van der Waals surface area contributed by atoms with Crippen LogP contribution >= 0.6 is 0 Å². The molecule has 160 valence electrons. The lowest BCUT2D eigenvalue weighted by Gasteiger charge is -2.12. The molecule has 2 rings (SSSR count). The molecule has 1 heterocycles. The molecule has 0 saturated heterocycles. The summed E-state index contributed by atoms with van der Waals surface area (Å²) in [6.45, 7) is 7.96. The van der Waals surface area contributed by atoms with Crippen molar-refractivity contribution >= 4 is 16.0 Å². The second-order valence-electron chi connectivity index (χ2n) is 6.57. The van der Waals surface area contributed by atoms with E-state index in [-0.39, 0.29) is 5.75 Å². The third-order valence-electron chi connectivity index (χ3n) is 4.49. The van der Waals surface area contributed by atoms with Crippen LogP contribution in [0.25, 0.3) is 0 Å². The van der Waals surface area contributed by atoms with Gasteiger partial charge in [0.25, 0.3) is 0 Å². The number of benzene rings is 1. The molecular weight excluding hydrogens is 390 g/mol. The normalized spacial score (nSPS) is 12.2. The zero-order valence-corrected chi connectivity index (χ0v) is 18.4. The van der Waals surface area contributed by atoms with Crippen LogP contribution in [0.4, 0.5) is 0 Å². The Hall–Kier alpha value is -2.39. The molecule has 1 aromatic carbocycles. The molecule has 9 heteroatoms. The maximum atomic E-state index is 11.6. The fourth-order valence-electron chi connectivity index (χ4n) is 2.85. The number of nitrogens with zero attached hydrogens (tertiary/aromatic N) is 2. The SMILES string of the molecule is CCNC(=NCc1ccc(CS(=O)(=O)NC)cc1)NCc1c(CC)noc1CC. The highest BCUT2D eigenvalue weighted by molar-refractivity contribution is 7.88. The predicted octanol–water partition coefficient (Wildman–Crippen LogP) is 2.10. The van der Waals surface area contributed by atoms with E-state index in [4.69, 9.17) is 4.52 Å². The van der Waals surface area contributed by atoms with Crippen LogP contribution in [-0.2, 0) is 41.7 Å². The second-order valence-corrected chi connectivity index (χ2v) is 8.49. The van der Waals surface area contributed by atoms with Gasteiger partial charge in [0.05, 0.1) is 18.0 Å². The molecule has 0 fully saturated rings. The Morgan fingerprint density at radius 3 is 2.34 bits per heavy atom. The lowest BCUT2D eigenvalue weighted by Crippen LogP contribution is -2.37. The van der Waals surface area contributed by atoms with Crippen molar-refractivity contribution in [2.75, 3.05) is 13.6 Å². The molecular formula is C20H31N5O3S. The van der Waals surface area contributed by atoms with E-state index in [2.05, 4.69) is 32.4 Å². The van der Waals surface area contributed by atoms with Crippen molar-refractivity contribution in [3.8, 4) is 0 Å². The van der Waals surface area contributed by atoms with E-state index in [0.29, 0.717) is 19.0 Å². The van der Waals surface area contributed by atoms with Gasteiger partial charge in [-0.3, -0.25) is 0 Å². The zero-order chi connectivity index (χ0) is 21.3. The van der Waals surface area contributed by atoms with Crippen molar-refractivity contribution in [3.63, 3.8) is 0 Å². The number of guanidine groups is 1. The molecule has 0 aliphatic carbocycles. The first-order chi connectivity index (χ1) is 13.9. The summed E-state index contributed by atoms with van der Waals surface area (Å²) in [6, 6.07) is 7.44. The molecule has 1 aromatic heterocycles. The van der Waals surface area contributed by atoms with Crippen LogP contribution in [0.1, 0.15) is 48.9 Å². The van der Waals surface area contributed by atoms with Gasteiger partial charge in [0.15, 0.2) is 5.96 Å². The molecule has 8 nitrogen and oxygen atoms in total. The maximum absolute atomic E-state index is 11.6. The quantitative estimate of drug-likeness (QED) is 0.400. The molecule has 0 bridgehead atoms. The number of aliphatic imine (C=N–C) groups is 1. The van der Waals surface area contributed by atoms with Crippen LogP contribution < -0.4 is 15.4 Å². The minimum atomic E-state index is -3.27. The van der Waals surface area contributed by atoms with E-state index in [1.54, 1.807) is 0 Å². The molecule has 0 spiro atoms. The average Bonchev–Trinajstić information content (AvgIpc) is 3.13. The molecule has 0 radical (unpaired) electrons. The number of sulfonamides is 1. The van der Waals surface area contributed by atoms with Crippen LogP contribution in [0.15, 0.2) is 33.8 Å². The van der Waals surface area contributed by atoms with Crippen molar-refractivity contribution in [1.82, 2.24) is 20.5 Å². The van der Waals surface area contributed by atoms with Gasteiger partial charge in [-0.05, 0) is 31.5 Å². The summed E-state index contributed by atoms with van der Waals surface area (Å²) in [4.78, 5) is 4.63. The van der Waals surface area contributed by atoms with Gasteiger partial charge in [0, 0.05) is 25.1 Å². The molecule has 0 aliphatic rings. The van der Waals surface area contributed by atoms with Gasteiger partial charge in [-0.1, -0.05) is 43.3 Å². The summed E-state index contributed by atoms with van der Waals surface area (Å²) in [7, 11) is -1.85. The van der Waals surface area contributed by atoms with Gasteiger partial charge in [-0.25, -0.2) is 18.1 Å². The summed E-state index contributed by atoms with van der Waals surface area (Å²) in [5.41, 5.74) is 3.80. The Labute approximate surface area is 173 Å². The molecule has 0 atom stereocenters. The number of hydrogen-bond donors (Lipinski definition) is 3. The molecule has 3 N–H and O–H groups in total. The number of aryl methyl sites for hydroxylation is 2. The number of rotatable bonds is 10. The van der Waals surface area contributed by atoms with E-state index < -0.39 is 10.0 Å². The molecule has 0 aliphatic heterocycles. The maximum Gasteiger partial charge on any atom is 0.215 e. The molecule has 29 heavy (non-hydrogen) atoms. The first-order valence-corrected chi connectivity index (χ1v) is 11.5. The fourth-order valence-corrected chi connectivity index (χ4v) is 3.63. The number of hydrogen-bond acceptors (Lipinski definition) is 5. The molecule has 0 unspecified atom stereocenters. The van der Waals surface area contributed by atoms with Crippen LogP contribution in [-0.4, -0.2) is 33.1 Å². The third-order valence-corrected chi connectivity index (χ3v) is 5.83. The number of aromatic nitrogens is 1. The average molecular weight is 422 g/mol. The highest BCUT2D eigenvalue weighted by Gasteiger charge is 2.13. The highest BCUT2D eigenvalue weighted by atomic mass is 32.2. The van der Waals surface area contributed by atoms with E-state index in [1.807, 2.05) is 38.1 Å². The lowest BCUT2D eigenvalue weighted by molar-refractivity contribution is 0.380. The van der Waals surface area contributed by atoms with Gasteiger partial charge in [-0.15, -0.1) is 0 Å². The van der Waals surface area contributed by atoms with Gasteiger partial charge in [-0.2, -0.15) is 0 Å². The Bertz CT molecular complexity index is 883. The van der Waals surface area contributed by atoms with Crippen LogP contribution in [0.2, 0.25) is 0 Å². The van der Waals surface area contributed by atoms with Gasteiger partial charge >= 0.3 is 0 Å². The molecule has 0 saturated carbocycles. The monoisotopic (exact) mass is 421 g/mol. The third kappa shape index (κ3) is 6.86. The Morgan fingerprint density at radius 2 is 1.76 bits per heavy atom. The lowest BCUT2D eigenvalue weighted by atomic mass is 10.1. The largest absolute Gasteiger partial charge is 0.361 e. The minimum Gasteiger partial charge on any atom is -0.361 e. The van der Waals surface area contributed by atoms with Gasteiger partial charge < -0.3 is 15.2 Å². The highest BCUT2D eigenvalue weighted by Crippen LogP contribution is 2.15. The van der Waals surface area contributed by atoms with Crippen molar-refractivity contribution in [3.05, 3.63) is 52.4 Å². The summed E-state index contributed by atoms with van der Waals surface area (Å²) >= 11 is 0. The first-order valence-electron chi connectivity index (χ1n) is 9.89. The summed E-state index contributed by atoms with van der Waals surface area (Å²) in [6.07, 6.45) is 1.62. The molecule has 0 amide bonds. The van der Waals surface area contributed by atoms with Gasteiger partial charge in [0.2, 0.25) is 10.0 Å². The van der Waals surface area contributed by atoms with E-state index in [9.17, 15) is 8.42 Å². The van der Waals surface area contributed by atoms with E-state index in [1.165, 1.54) is 7.05 Å². The minimum absolute atomic E-state index is 0.0322. The summed E-state index contributed by atoms with van der Waals surface area (Å²) < 4.78 is 31.0. The molecule has 2 aromatic rings. The summed E-state index contributed by atoms with van der Waals surface area (Å²) in [5, 5.41) is 10.7. The first kappa shape index (κ1) is 22.9. The Kier molecular flexibility index (Phi) is 8.66. The standard InChI is InChI=1S/C20H31N5O3S/c1-5-18-17(19(6-2)28-25-18)13-24-20(22-7-3)23-12-15-8-10-16(11-9-15)14-29(26,27)21-4/h8-11,21H,5-7,12-14H2,1-4H3,(H2,22,23,24). The van der Waals surface area contributed by atoms with Crippen LogP contribution in [0.5, 0.6) is 0 Å².